The fraction of sp³-hybridized carbons (Fsp3) is 0.194. The zero-order valence-corrected chi connectivity index (χ0v) is 23.6. The Bertz CT molecular complexity index is 1770. The van der Waals surface area contributed by atoms with Gasteiger partial charge in [0.2, 0.25) is 10.0 Å². The molecule has 0 radical (unpaired) electrons. The Hall–Kier alpha value is -3.85. The van der Waals surface area contributed by atoms with Crippen molar-refractivity contribution >= 4 is 38.3 Å². The van der Waals surface area contributed by atoms with Gasteiger partial charge in [-0.1, -0.05) is 60.1 Å². The summed E-state index contributed by atoms with van der Waals surface area (Å²) in [7, 11) is -3.72. The van der Waals surface area contributed by atoms with Crippen LogP contribution < -0.4 is 4.90 Å². The number of benzene rings is 3. The second kappa shape index (κ2) is 11.0. The quantitative estimate of drug-likeness (QED) is 0.259. The van der Waals surface area contributed by atoms with E-state index in [2.05, 4.69) is 22.0 Å². The Labute approximate surface area is 239 Å². The molecule has 1 aliphatic heterocycles. The van der Waals surface area contributed by atoms with E-state index >= 15 is 0 Å². The molecule has 0 aliphatic carbocycles. The summed E-state index contributed by atoms with van der Waals surface area (Å²) in [4.78, 5) is 16.7. The number of fused-ring (bicyclic) bond motifs is 1. The molecule has 0 amide bonds. The molecule has 9 heteroatoms. The number of hydrogen-bond donors (Lipinski definition) is 0. The topological polar surface area (TPSA) is 79.3 Å². The van der Waals surface area contributed by atoms with Gasteiger partial charge in [-0.15, -0.1) is 0 Å². The number of hydrogen-bond acceptors (Lipinski definition) is 6. The third kappa shape index (κ3) is 5.18. The lowest BCUT2D eigenvalue weighted by molar-refractivity contribution is 0.384. The molecule has 0 unspecified atom stereocenters. The third-order valence-corrected chi connectivity index (χ3v) is 9.45. The molecule has 0 atom stereocenters. The largest absolute Gasteiger partial charge is 0.354 e. The van der Waals surface area contributed by atoms with E-state index in [0.717, 1.165) is 28.0 Å². The molecule has 0 spiro atoms. The van der Waals surface area contributed by atoms with E-state index < -0.39 is 10.0 Å². The number of piperazine rings is 1. The fourth-order valence-electron chi connectivity index (χ4n) is 5.14. The number of para-hydroxylation sites is 1. The summed E-state index contributed by atoms with van der Waals surface area (Å²) in [6.45, 7) is 3.72. The van der Waals surface area contributed by atoms with E-state index in [0.29, 0.717) is 49.0 Å². The lowest BCUT2D eigenvalue weighted by Gasteiger charge is -2.36. The number of halogens is 1. The maximum atomic E-state index is 13.7. The standard InChI is InChI=1S/C31H28ClN5O2S/c1-22-27(21-23-7-3-2-4-8-23)31(35-30(34-22)25-12-14-26(32)15-13-25)36-17-19-37(20-18-36)40(38,39)28-11-5-9-24-10-6-16-33-29(24)28/h2-16H,17-21H2,1H3. The van der Waals surface area contributed by atoms with Crippen LogP contribution >= 0.6 is 11.6 Å². The van der Waals surface area contributed by atoms with Crippen LogP contribution in [0.1, 0.15) is 16.8 Å². The number of pyridine rings is 1. The SMILES string of the molecule is Cc1nc(-c2ccc(Cl)cc2)nc(N2CCN(S(=O)(=O)c3cccc4cccnc34)CC2)c1Cc1ccccc1. The summed E-state index contributed by atoms with van der Waals surface area (Å²) in [5.41, 5.74) is 4.48. The van der Waals surface area contributed by atoms with Gasteiger partial charge in [0, 0.05) is 66.0 Å². The summed E-state index contributed by atoms with van der Waals surface area (Å²) >= 11 is 6.12. The van der Waals surface area contributed by atoms with Gasteiger partial charge in [-0.3, -0.25) is 4.98 Å². The average molecular weight is 570 g/mol. The van der Waals surface area contributed by atoms with Crippen molar-refractivity contribution in [2.75, 3.05) is 31.1 Å². The van der Waals surface area contributed by atoms with E-state index in [9.17, 15) is 8.42 Å². The first-order valence-electron chi connectivity index (χ1n) is 13.2. The summed E-state index contributed by atoms with van der Waals surface area (Å²) in [5, 5.41) is 1.46. The first-order chi connectivity index (χ1) is 19.4. The molecule has 3 aromatic carbocycles. The highest BCUT2D eigenvalue weighted by Gasteiger charge is 2.31. The molecular weight excluding hydrogens is 542 g/mol. The van der Waals surface area contributed by atoms with Crippen LogP contribution in [0.5, 0.6) is 0 Å². The van der Waals surface area contributed by atoms with Gasteiger partial charge in [0.05, 0.1) is 5.52 Å². The number of rotatable bonds is 6. The normalized spacial score (nSPS) is 14.5. The van der Waals surface area contributed by atoms with Crippen molar-refractivity contribution in [1.29, 1.82) is 0 Å². The van der Waals surface area contributed by atoms with Crippen molar-refractivity contribution in [3.63, 3.8) is 0 Å². The molecule has 5 aromatic rings. The summed E-state index contributed by atoms with van der Waals surface area (Å²) in [5.74, 6) is 1.46. The summed E-state index contributed by atoms with van der Waals surface area (Å²) < 4.78 is 29.0. The number of anilines is 1. The van der Waals surface area contributed by atoms with Gasteiger partial charge in [-0.2, -0.15) is 4.31 Å². The van der Waals surface area contributed by atoms with Gasteiger partial charge in [-0.05, 0) is 48.9 Å². The maximum Gasteiger partial charge on any atom is 0.245 e. The molecule has 1 aliphatic rings. The average Bonchev–Trinajstić information content (AvgIpc) is 2.99. The van der Waals surface area contributed by atoms with Crippen molar-refractivity contribution in [2.45, 2.75) is 18.2 Å². The fourth-order valence-corrected chi connectivity index (χ4v) is 6.85. The molecule has 3 heterocycles. The second-order valence-electron chi connectivity index (χ2n) is 9.83. The van der Waals surface area contributed by atoms with Crippen LogP contribution in [0, 0.1) is 6.92 Å². The van der Waals surface area contributed by atoms with Crippen LogP contribution in [-0.4, -0.2) is 53.9 Å². The van der Waals surface area contributed by atoms with Gasteiger partial charge < -0.3 is 4.90 Å². The number of sulfonamides is 1. The minimum Gasteiger partial charge on any atom is -0.354 e. The summed E-state index contributed by atoms with van der Waals surface area (Å²) in [6.07, 6.45) is 2.31. The number of nitrogens with zero attached hydrogens (tertiary/aromatic N) is 5. The van der Waals surface area contributed by atoms with Crippen LogP contribution in [-0.2, 0) is 16.4 Å². The highest BCUT2D eigenvalue weighted by Crippen LogP contribution is 2.30. The van der Waals surface area contributed by atoms with E-state index in [-0.39, 0.29) is 4.90 Å². The maximum absolute atomic E-state index is 13.7. The molecule has 40 heavy (non-hydrogen) atoms. The van der Waals surface area contributed by atoms with Crippen molar-refractivity contribution < 1.29 is 8.42 Å². The van der Waals surface area contributed by atoms with E-state index in [1.165, 1.54) is 5.56 Å². The van der Waals surface area contributed by atoms with Crippen LogP contribution in [0.3, 0.4) is 0 Å². The molecular formula is C31H28ClN5O2S. The third-order valence-electron chi connectivity index (χ3n) is 7.27. The van der Waals surface area contributed by atoms with Gasteiger partial charge in [0.15, 0.2) is 5.82 Å². The van der Waals surface area contributed by atoms with E-state index in [1.54, 1.807) is 22.6 Å². The Morgan fingerprint density at radius 2 is 1.55 bits per heavy atom. The zero-order valence-electron chi connectivity index (χ0n) is 22.0. The molecule has 6 rings (SSSR count). The van der Waals surface area contributed by atoms with Crippen LogP contribution in [0.4, 0.5) is 5.82 Å². The molecule has 7 nitrogen and oxygen atoms in total. The van der Waals surface area contributed by atoms with Crippen molar-refractivity contribution in [1.82, 2.24) is 19.3 Å². The number of aromatic nitrogens is 3. The van der Waals surface area contributed by atoms with Gasteiger partial charge in [0.1, 0.15) is 10.7 Å². The summed E-state index contributed by atoms with van der Waals surface area (Å²) in [6, 6.07) is 26.7. The molecule has 202 valence electrons. The first kappa shape index (κ1) is 26.4. The zero-order chi connectivity index (χ0) is 27.7. The molecule has 0 bridgehead atoms. The van der Waals surface area contributed by atoms with Gasteiger partial charge >= 0.3 is 0 Å². The molecule has 0 saturated carbocycles. The Balaban J connectivity index is 1.32. The Morgan fingerprint density at radius 3 is 2.30 bits per heavy atom. The van der Waals surface area contributed by atoms with Crippen molar-refractivity contribution in [2.24, 2.45) is 0 Å². The second-order valence-corrected chi connectivity index (χ2v) is 12.2. The number of aryl methyl sites for hydroxylation is 1. The highest BCUT2D eigenvalue weighted by atomic mass is 35.5. The Morgan fingerprint density at radius 1 is 0.825 bits per heavy atom. The van der Waals surface area contributed by atoms with Crippen molar-refractivity contribution in [3.05, 3.63) is 113 Å². The minimum atomic E-state index is -3.72. The lowest BCUT2D eigenvalue weighted by Crippen LogP contribution is -2.49. The highest BCUT2D eigenvalue weighted by molar-refractivity contribution is 7.89. The molecule has 1 saturated heterocycles. The smallest absolute Gasteiger partial charge is 0.245 e. The molecule has 1 fully saturated rings. The van der Waals surface area contributed by atoms with E-state index in [4.69, 9.17) is 21.6 Å². The lowest BCUT2D eigenvalue weighted by atomic mass is 10.0. The monoisotopic (exact) mass is 569 g/mol. The minimum absolute atomic E-state index is 0.242. The van der Waals surface area contributed by atoms with Crippen LogP contribution in [0.2, 0.25) is 5.02 Å². The van der Waals surface area contributed by atoms with Gasteiger partial charge in [-0.25, -0.2) is 18.4 Å². The van der Waals surface area contributed by atoms with Gasteiger partial charge in [0.25, 0.3) is 0 Å². The molecule has 2 aromatic heterocycles. The van der Waals surface area contributed by atoms with E-state index in [1.807, 2.05) is 67.6 Å². The van der Waals surface area contributed by atoms with Crippen molar-refractivity contribution in [3.8, 4) is 11.4 Å². The first-order valence-corrected chi connectivity index (χ1v) is 15.0. The molecule has 0 N–H and O–H groups in total. The van der Waals surface area contributed by atoms with Crippen LogP contribution in [0.25, 0.3) is 22.3 Å². The van der Waals surface area contributed by atoms with Crippen LogP contribution in [0.15, 0.2) is 96.0 Å². The predicted molar refractivity (Wildman–Crippen MR) is 159 cm³/mol. The predicted octanol–water partition coefficient (Wildman–Crippen LogP) is 5.76. The Kier molecular flexibility index (Phi) is 7.23.